The highest BCUT2D eigenvalue weighted by Gasteiger charge is 2.12. The van der Waals surface area contributed by atoms with Crippen molar-refractivity contribution in [2.24, 2.45) is 0 Å². The lowest BCUT2D eigenvalue weighted by atomic mass is 10.2. The Labute approximate surface area is 59.9 Å². The van der Waals surface area contributed by atoms with E-state index in [4.69, 9.17) is 5.11 Å². The molecule has 0 aliphatic carbocycles. The molecule has 0 bridgehead atoms. The van der Waals surface area contributed by atoms with Crippen molar-refractivity contribution < 1.29 is 9.90 Å². The van der Waals surface area contributed by atoms with Crippen molar-refractivity contribution in [2.45, 2.75) is 6.42 Å². The van der Waals surface area contributed by atoms with E-state index in [1.807, 2.05) is 12.2 Å². The molecule has 56 valence electrons. The van der Waals surface area contributed by atoms with E-state index in [1.54, 1.807) is 4.90 Å². The lowest BCUT2D eigenvalue weighted by Gasteiger charge is -2.21. The Kier molecular flexibility index (Phi) is 2.45. The molecule has 0 saturated carbocycles. The van der Waals surface area contributed by atoms with Crippen LogP contribution in [0.4, 0.5) is 0 Å². The molecule has 0 saturated heterocycles. The Morgan fingerprint density at radius 3 is 3.00 bits per heavy atom. The molecule has 0 spiro atoms. The number of amides is 1. The van der Waals surface area contributed by atoms with Crippen molar-refractivity contribution in [3.63, 3.8) is 0 Å². The van der Waals surface area contributed by atoms with Crippen LogP contribution in [0.2, 0.25) is 0 Å². The molecule has 1 amide bonds. The van der Waals surface area contributed by atoms with Crippen LogP contribution >= 0.6 is 0 Å². The number of carbonyl (C=O) groups is 1. The average Bonchev–Trinajstić information content (AvgIpc) is 1.94. The lowest BCUT2D eigenvalue weighted by Crippen LogP contribution is -2.35. The van der Waals surface area contributed by atoms with Gasteiger partial charge >= 0.3 is 0 Å². The van der Waals surface area contributed by atoms with Crippen molar-refractivity contribution in [1.82, 2.24) is 4.90 Å². The number of aliphatic hydroxyl groups excluding tert-OH is 1. The van der Waals surface area contributed by atoms with Gasteiger partial charge < -0.3 is 10.0 Å². The third-order valence-corrected chi connectivity index (χ3v) is 1.51. The second kappa shape index (κ2) is 3.37. The fourth-order valence-corrected chi connectivity index (χ4v) is 0.954. The maximum Gasteiger partial charge on any atom is 0.226 e. The van der Waals surface area contributed by atoms with E-state index in [0.717, 1.165) is 0 Å². The van der Waals surface area contributed by atoms with Crippen LogP contribution in [0.3, 0.4) is 0 Å². The summed E-state index contributed by atoms with van der Waals surface area (Å²) in [4.78, 5) is 12.6. The second-order valence-corrected chi connectivity index (χ2v) is 2.24. The van der Waals surface area contributed by atoms with Gasteiger partial charge in [0.1, 0.15) is 0 Å². The third kappa shape index (κ3) is 1.57. The number of rotatable bonds is 2. The topological polar surface area (TPSA) is 40.5 Å². The first kappa shape index (κ1) is 7.28. The molecule has 0 aromatic rings. The molecule has 1 N–H and O–H groups in total. The van der Waals surface area contributed by atoms with Gasteiger partial charge in [0, 0.05) is 19.5 Å². The SMILES string of the molecule is O=C1CC=CCN1CCO. The summed E-state index contributed by atoms with van der Waals surface area (Å²) in [5, 5.41) is 8.52. The van der Waals surface area contributed by atoms with Gasteiger partial charge in [-0.2, -0.15) is 0 Å². The minimum atomic E-state index is 0.0551. The first-order valence-corrected chi connectivity index (χ1v) is 3.38. The Morgan fingerprint density at radius 1 is 1.60 bits per heavy atom. The molecule has 3 heteroatoms. The Balaban J connectivity index is 2.43. The quantitative estimate of drug-likeness (QED) is 0.539. The van der Waals surface area contributed by atoms with Gasteiger partial charge in [-0.1, -0.05) is 12.2 Å². The fourth-order valence-electron chi connectivity index (χ4n) is 0.954. The fraction of sp³-hybridized carbons (Fsp3) is 0.571. The van der Waals surface area contributed by atoms with Crippen molar-refractivity contribution in [3.05, 3.63) is 12.2 Å². The van der Waals surface area contributed by atoms with Crippen molar-refractivity contribution in [2.75, 3.05) is 19.7 Å². The normalized spacial score (nSPS) is 18.1. The zero-order valence-corrected chi connectivity index (χ0v) is 5.79. The number of nitrogens with zero attached hydrogens (tertiary/aromatic N) is 1. The van der Waals surface area contributed by atoms with E-state index in [0.29, 0.717) is 19.5 Å². The smallest absolute Gasteiger partial charge is 0.226 e. The highest BCUT2D eigenvalue weighted by atomic mass is 16.3. The van der Waals surface area contributed by atoms with Gasteiger partial charge in [-0.3, -0.25) is 4.79 Å². The number of carbonyl (C=O) groups excluding carboxylic acids is 1. The number of hydrogen-bond donors (Lipinski definition) is 1. The first-order valence-electron chi connectivity index (χ1n) is 3.38. The Morgan fingerprint density at radius 2 is 2.40 bits per heavy atom. The van der Waals surface area contributed by atoms with E-state index in [9.17, 15) is 4.79 Å². The Bertz CT molecular complexity index is 154. The first-order chi connectivity index (χ1) is 4.84. The van der Waals surface area contributed by atoms with Crippen LogP contribution in [0.5, 0.6) is 0 Å². The van der Waals surface area contributed by atoms with E-state index >= 15 is 0 Å². The summed E-state index contributed by atoms with van der Waals surface area (Å²) in [5.74, 6) is 0.108. The van der Waals surface area contributed by atoms with Crippen LogP contribution in [0.25, 0.3) is 0 Å². The zero-order chi connectivity index (χ0) is 7.40. The minimum absolute atomic E-state index is 0.0551. The van der Waals surface area contributed by atoms with Crippen LogP contribution in [-0.4, -0.2) is 35.6 Å². The summed E-state index contributed by atoms with van der Waals surface area (Å²) in [6, 6.07) is 0. The van der Waals surface area contributed by atoms with Crippen LogP contribution in [-0.2, 0) is 4.79 Å². The van der Waals surface area contributed by atoms with Gasteiger partial charge in [-0.15, -0.1) is 0 Å². The number of hydrogen-bond acceptors (Lipinski definition) is 2. The molecule has 10 heavy (non-hydrogen) atoms. The van der Waals surface area contributed by atoms with Crippen LogP contribution in [0, 0.1) is 0 Å². The summed E-state index contributed by atoms with van der Waals surface area (Å²) in [6.45, 7) is 1.17. The molecule has 0 atom stereocenters. The van der Waals surface area contributed by atoms with Crippen LogP contribution < -0.4 is 0 Å². The van der Waals surface area contributed by atoms with Crippen molar-refractivity contribution in [3.8, 4) is 0 Å². The standard InChI is InChI=1S/C7H11NO2/c9-6-5-8-4-2-1-3-7(8)10/h1-2,9H,3-6H2. The summed E-state index contributed by atoms with van der Waals surface area (Å²) < 4.78 is 0. The molecule has 1 rings (SSSR count). The molecule has 1 aliphatic heterocycles. The molecule has 1 heterocycles. The predicted molar refractivity (Wildman–Crippen MR) is 37.4 cm³/mol. The van der Waals surface area contributed by atoms with E-state index < -0.39 is 0 Å². The molecule has 0 unspecified atom stereocenters. The molecular formula is C7H11NO2. The largest absolute Gasteiger partial charge is 0.395 e. The zero-order valence-electron chi connectivity index (χ0n) is 5.79. The highest BCUT2D eigenvalue weighted by molar-refractivity contribution is 5.78. The Hall–Kier alpha value is -0.830. The van der Waals surface area contributed by atoms with Crippen molar-refractivity contribution in [1.29, 1.82) is 0 Å². The average molecular weight is 141 g/mol. The van der Waals surface area contributed by atoms with Gasteiger partial charge in [-0.25, -0.2) is 0 Å². The summed E-state index contributed by atoms with van der Waals surface area (Å²) in [6.07, 6.45) is 4.28. The monoisotopic (exact) mass is 141 g/mol. The second-order valence-electron chi connectivity index (χ2n) is 2.24. The summed E-state index contributed by atoms with van der Waals surface area (Å²) in [7, 11) is 0. The molecule has 0 radical (unpaired) electrons. The molecule has 0 aromatic heterocycles. The summed E-state index contributed by atoms with van der Waals surface area (Å²) >= 11 is 0. The van der Waals surface area contributed by atoms with Gasteiger partial charge in [0.05, 0.1) is 6.61 Å². The molecule has 1 aliphatic rings. The molecular weight excluding hydrogens is 130 g/mol. The van der Waals surface area contributed by atoms with E-state index in [2.05, 4.69) is 0 Å². The number of aliphatic hydroxyl groups is 1. The summed E-state index contributed by atoms with van der Waals surface area (Å²) in [5.41, 5.74) is 0. The van der Waals surface area contributed by atoms with Gasteiger partial charge in [0.2, 0.25) is 5.91 Å². The predicted octanol–water partition coefficient (Wildman–Crippen LogP) is -0.233. The van der Waals surface area contributed by atoms with E-state index in [-0.39, 0.29) is 12.5 Å². The van der Waals surface area contributed by atoms with Gasteiger partial charge in [-0.05, 0) is 0 Å². The van der Waals surface area contributed by atoms with E-state index in [1.165, 1.54) is 0 Å². The highest BCUT2D eigenvalue weighted by Crippen LogP contribution is 2.01. The third-order valence-electron chi connectivity index (χ3n) is 1.51. The van der Waals surface area contributed by atoms with Gasteiger partial charge in [0.15, 0.2) is 0 Å². The minimum Gasteiger partial charge on any atom is -0.395 e. The van der Waals surface area contributed by atoms with Crippen LogP contribution in [0.1, 0.15) is 6.42 Å². The van der Waals surface area contributed by atoms with Crippen LogP contribution in [0.15, 0.2) is 12.2 Å². The van der Waals surface area contributed by atoms with Gasteiger partial charge in [0.25, 0.3) is 0 Å². The maximum absolute atomic E-state index is 10.9. The number of β-amino-alcohol motifs (C(OH)–C–C–N with tert-alkyl or cyclic N) is 1. The molecule has 0 aromatic carbocycles. The maximum atomic E-state index is 10.9. The lowest BCUT2D eigenvalue weighted by molar-refractivity contribution is -0.130. The molecule has 3 nitrogen and oxygen atoms in total. The van der Waals surface area contributed by atoms with Crippen molar-refractivity contribution >= 4 is 5.91 Å². The molecule has 0 fully saturated rings.